The maximum absolute atomic E-state index is 13.3. The van der Waals surface area contributed by atoms with E-state index in [2.05, 4.69) is 32.3 Å². The van der Waals surface area contributed by atoms with Gasteiger partial charge in [0.05, 0.1) is 22.7 Å². The van der Waals surface area contributed by atoms with E-state index < -0.39 is 23.2 Å². The van der Waals surface area contributed by atoms with Gasteiger partial charge in [-0.05, 0) is 44.2 Å². The molecule has 0 spiro atoms. The summed E-state index contributed by atoms with van der Waals surface area (Å²) in [6.07, 6.45) is -0.252. The fraction of sp³-hybridized carbons (Fsp3) is 0.200. The van der Waals surface area contributed by atoms with Gasteiger partial charge in [0, 0.05) is 29.7 Å². The van der Waals surface area contributed by atoms with Gasteiger partial charge in [-0.25, -0.2) is 0 Å². The van der Waals surface area contributed by atoms with Crippen molar-refractivity contribution in [2.75, 3.05) is 6.54 Å². The van der Waals surface area contributed by atoms with Crippen molar-refractivity contribution in [3.8, 4) is 11.8 Å². The quantitative estimate of drug-likeness (QED) is 0.290. The predicted octanol–water partition coefficient (Wildman–Crippen LogP) is 5.11. The number of carbonyl (C=O) groups excluding carboxylic acids is 1. The molecule has 2 heterocycles. The van der Waals surface area contributed by atoms with Crippen molar-refractivity contribution in [3.63, 3.8) is 0 Å². The maximum Gasteiger partial charge on any atom is 0.417 e. The van der Waals surface area contributed by atoms with E-state index in [1.807, 2.05) is 0 Å². The molecule has 0 radical (unpaired) electrons. The average molecular weight is 501 g/mol. The van der Waals surface area contributed by atoms with Crippen molar-refractivity contribution < 1.29 is 22.8 Å². The number of benzene rings is 1. The normalized spacial score (nSPS) is 11.6. The summed E-state index contributed by atoms with van der Waals surface area (Å²) in [5.41, 5.74) is 0.0142. The van der Waals surface area contributed by atoms with Gasteiger partial charge < -0.3 is 10.2 Å². The van der Waals surface area contributed by atoms with E-state index in [1.54, 1.807) is 44.4 Å². The summed E-state index contributed by atoms with van der Waals surface area (Å²) in [4.78, 5) is 26.1. The molecule has 1 aromatic carbocycles. The summed E-state index contributed by atoms with van der Waals surface area (Å²) in [5, 5.41) is 6.62. The molecule has 2 aromatic heterocycles. The second-order valence-electron chi connectivity index (χ2n) is 7.46. The molecule has 0 aliphatic heterocycles. The average Bonchev–Trinajstić information content (AvgIpc) is 2.83. The van der Waals surface area contributed by atoms with Crippen LogP contribution in [-0.4, -0.2) is 34.2 Å². The lowest BCUT2D eigenvalue weighted by molar-refractivity contribution is -0.137. The topological polar surface area (TPSA) is 76.5 Å². The number of oxime groups is 1. The molecule has 0 aliphatic carbocycles. The van der Waals surface area contributed by atoms with E-state index >= 15 is 0 Å². The maximum atomic E-state index is 13.3. The van der Waals surface area contributed by atoms with Crippen LogP contribution in [0.15, 0.2) is 66.2 Å². The number of halogens is 4. The summed E-state index contributed by atoms with van der Waals surface area (Å²) in [6, 6.07) is 9.64. The van der Waals surface area contributed by atoms with Gasteiger partial charge >= 0.3 is 6.18 Å². The molecule has 0 atom stereocenters. The van der Waals surface area contributed by atoms with Crippen LogP contribution in [0.3, 0.4) is 0 Å². The molecule has 0 fully saturated rings. The Morgan fingerprint density at radius 2 is 1.89 bits per heavy atom. The summed E-state index contributed by atoms with van der Waals surface area (Å²) in [6.45, 7) is 3.21. The first-order chi connectivity index (χ1) is 16.6. The van der Waals surface area contributed by atoms with Crippen molar-refractivity contribution in [3.05, 3.63) is 94.0 Å². The number of aromatic nitrogens is 2. The van der Waals surface area contributed by atoms with Gasteiger partial charge in [-0.1, -0.05) is 40.7 Å². The Hall–Kier alpha value is -3.90. The molecule has 0 saturated carbocycles. The zero-order chi connectivity index (χ0) is 25.4. The zero-order valence-electron chi connectivity index (χ0n) is 18.7. The highest BCUT2D eigenvalue weighted by Crippen LogP contribution is 2.31. The number of carbonyl (C=O) groups is 1. The van der Waals surface area contributed by atoms with Crippen LogP contribution in [0.4, 0.5) is 13.2 Å². The molecule has 1 amide bonds. The number of nitrogens with one attached hydrogen (secondary N) is 1. The number of nitrogens with zero attached hydrogens (tertiary/aromatic N) is 3. The van der Waals surface area contributed by atoms with Crippen molar-refractivity contribution in [2.45, 2.75) is 26.1 Å². The van der Waals surface area contributed by atoms with Crippen LogP contribution in [-0.2, 0) is 11.0 Å². The molecule has 0 bridgehead atoms. The third-order valence-corrected chi connectivity index (χ3v) is 4.68. The molecule has 0 aliphatic rings. The van der Waals surface area contributed by atoms with Crippen LogP contribution in [0.5, 0.6) is 0 Å². The minimum absolute atomic E-state index is 0.133. The van der Waals surface area contributed by atoms with Crippen molar-refractivity contribution >= 4 is 23.2 Å². The summed E-state index contributed by atoms with van der Waals surface area (Å²) in [5.74, 6) is 4.94. The van der Waals surface area contributed by atoms with E-state index in [1.165, 1.54) is 18.3 Å². The minimum atomic E-state index is -4.68. The molecular weight excluding hydrogens is 481 g/mol. The standard InChI is InChI=1S/C25H20ClF3N4O2/c1-16(2)35-33-22(15-32-24(34)19-7-3-4-8-20(19)25(27,28)29)23-21(26)12-18(14-31-23)10-9-17-6-5-11-30-13-17/h3-8,11-14,16H,15H2,1-2H3,(H,32,34). The van der Waals surface area contributed by atoms with Crippen molar-refractivity contribution in [2.24, 2.45) is 5.16 Å². The van der Waals surface area contributed by atoms with Crippen LogP contribution < -0.4 is 5.32 Å². The molecular formula is C25H20ClF3N4O2. The second kappa shape index (κ2) is 11.5. The Kier molecular flexibility index (Phi) is 8.44. The van der Waals surface area contributed by atoms with Gasteiger partial charge in [-0.2, -0.15) is 13.2 Å². The predicted molar refractivity (Wildman–Crippen MR) is 126 cm³/mol. The molecule has 180 valence electrons. The van der Waals surface area contributed by atoms with Gasteiger partial charge in [0.1, 0.15) is 17.5 Å². The lowest BCUT2D eigenvalue weighted by Gasteiger charge is -2.14. The highest BCUT2D eigenvalue weighted by molar-refractivity contribution is 6.34. The zero-order valence-corrected chi connectivity index (χ0v) is 19.5. The number of pyridine rings is 2. The van der Waals surface area contributed by atoms with E-state index in [4.69, 9.17) is 16.4 Å². The highest BCUT2D eigenvalue weighted by Gasteiger charge is 2.34. The molecule has 3 aromatic rings. The smallest absolute Gasteiger partial charge is 0.393 e. The molecule has 0 saturated heterocycles. The summed E-state index contributed by atoms with van der Waals surface area (Å²) in [7, 11) is 0. The largest absolute Gasteiger partial charge is 0.417 e. The molecule has 3 rings (SSSR count). The number of hydrogen-bond acceptors (Lipinski definition) is 5. The van der Waals surface area contributed by atoms with Gasteiger partial charge in [0.25, 0.3) is 5.91 Å². The summed E-state index contributed by atoms with van der Waals surface area (Å²) >= 11 is 6.40. The number of hydrogen-bond donors (Lipinski definition) is 1. The summed E-state index contributed by atoms with van der Waals surface area (Å²) < 4.78 is 39.8. The van der Waals surface area contributed by atoms with Crippen LogP contribution >= 0.6 is 11.6 Å². The van der Waals surface area contributed by atoms with E-state index in [-0.39, 0.29) is 29.1 Å². The van der Waals surface area contributed by atoms with Gasteiger partial charge in [-0.15, -0.1) is 0 Å². The van der Waals surface area contributed by atoms with Gasteiger partial charge in [0.15, 0.2) is 0 Å². The second-order valence-corrected chi connectivity index (χ2v) is 7.87. The van der Waals surface area contributed by atoms with Crippen LogP contribution in [0.2, 0.25) is 5.02 Å². The molecule has 0 unspecified atom stereocenters. The first-order valence-corrected chi connectivity index (χ1v) is 10.8. The Morgan fingerprint density at radius 3 is 2.54 bits per heavy atom. The van der Waals surface area contributed by atoms with Gasteiger partial charge in [0.2, 0.25) is 0 Å². The molecule has 10 heteroatoms. The fourth-order valence-corrected chi connectivity index (χ4v) is 3.09. The Balaban J connectivity index is 1.83. The third kappa shape index (κ3) is 7.29. The Bertz CT molecular complexity index is 1280. The Labute approximate surface area is 205 Å². The third-order valence-electron chi connectivity index (χ3n) is 4.39. The van der Waals surface area contributed by atoms with Crippen molar-refractivity contribution in [1.82, 2.24) is 15.3 Å². The van der Waals surface area contributed by atoms with Crippen LogP contribution in [0, 0.1) is 11.8 Å². The van der Waals surface area contributed by atoms with Crippen molar-refractivity contribution in [1.29, 1.82) is 0 Å². The van der Waals surface area contributed by atoms with E-state index in [0.29, 0.717) is 11.1 Å². The molecule has 35 heavy (non-hydrogen) atoms. The first kappa shape index (κ1) is 25.7. The Morgan fingerprint density at radius 1 is 1.14 bits per heavy atom. The van der Waals surface area contributed by atoms with E-state index in [9.17, 15) is 18.0 Å². The monoisotopic (exact) mass is 500 g/mol. The number of alkyl halides is 3. The van der Waals surface area contributed by atoms with E-state index in [0.717, 1.165) is 12.1 Å². The lowest BCUT2D eigenvalue weighted by Crippen LogP contribution is -2.32. The number of amides is 1. The highest BCUT2D eigenvalue weighted by atomic mass is 35.5. The molecule has 1 N–H and O–H groups in total. The van der Waals surface area contributed by atoms with Gasteiger partial charge in [-0.3, -0.25) is 14.8 Å². The van der Waals surface area contributed by atoms with Crippen LogP contribution in [0.25, 0.3) is 0 Å². The number of rotatable bonds is 6. The minimum Gasteiger partial charge on any atom is -0.393 e. The first-order valence-electron chi connectivity index (χ1n) is 10.4. The molecule has 6 nitrogen and oxygen atoms in total. The fourth-order valence-electron chi connectivity index (χ4n) is 2.82. The van der Waals surface area contributed by atoms with Crippen LogP contribution in [0.1, 0.15) is 46.6 Å². The lowest BCUT2D eigenvalue weighted by atomic mass is 10.1. The SMILES string of the molecule is CC(C)ON=C(CNC(=O)c1ccccc1C(F)(F)F)c1ncc(C#Cc2cccnc2)cc1Cl.